The van der Waals surface area contributed by atoms with E-state index in [-0.39, 0.29) is 12.3 Å². The van der Waals surface area contributed by atoms with E-state index in [9.17, 15) is 13.2 Å². The molecule has 9 nitrogen and oxygen atoms in total. The van der Waals surface area contributed by atoms with Gasteiger partial charge in [0.05, 0.1) is 0 Å². The molecule has 0 saturated carbocycles. The molecule has 0 unspecified atom stereocenters. The first-order valence-electron chi connectivity index (χ1n) is 9.12. The summed E-state index contributed by atoms with van der Waals surface area (Å²) in [6, 6.07) is 7.81. The van der Waals surface area contributed by atoms with E-state index < -0.39 is 10.2 Å². The van der Waals surface area contributed by atoms with E-state index in [1.54, 1.807) is 4.90 Å². The number of nitrogens with zero attached hydrogens (tertiary/aromatic N) is 5. The Morgan fingerprint density at radius 3 is 2.39 bits per heavy atom. The average molecular weight is 407 g/mol. The molecule has 0 N–H and O–H groups in total. The van der Waals surface area contributed by atoms with Crippen LogP contribution in [-0.4, -0.2) is 78.3 Å². The highest BCUT2D eigenvalue weighted by Crippen LogP contribution is 2.17. The lowest BCUT2D eigenvalue weighted by Gasteiger charge is -2.35. The fraction of sp³-hybridized carbons (Fsp3) is 0.500. The number of carbonyl (C=O) groups excluding carboxylic acids is 1. The lowest BCUT2D eigenvalue weighted by atomic mass is 10.1. The molecular formula is C18H25N5O4S. The van der Waals surface area contributed by atoms with Crippen molar-refractivity contribution in [1.82, 2.24) is 23.7 Å². The van der Waals surface area contributed by atoms with E-state index in [4.69, 9.17) is 4.52 Å². The maximum atomic E-state index is 12.4. The molecule has 1 fully saturated rings. The van der Waals surface area contributed by atoms with Gasteiger partial charge in [-0.25, -0.2) is 0 Å². The smallest absolute Gasteiger partial charge is 0.281 e. The molecule has 0 bridgehead atoms. The number of hydrogen-bond acceptors (Lipinski definition) is 6. The zero-order chi connectivity index (χ0) is 20.3. The van der Waals surface area contributed by atoms with Crippen molar-refractivity contribution in [3.63, 3.8) is 0 Å². The van der Waals surface area contributed by atoms with Crippen LogP contribution in [0.25, 0.3) is 11.4 Å². The minimum Gasteiger partial charge on any atom is -0.340 e. The largest absolute Gasteiger partial charge is 0.340 e. The van der Waals surface area contributed by atoms with E-state index in [2.05, 4.69) is 10.1 Å². The summed E-state index contributed by atoms with van der Waals surface area (Å²) < 4.78 is 32.1. The van der Waals surface area contributed by atoms with E-state index >= 15 is 0 Å². The summed E-state index contributed by atoms with van der Waals surface area (Å²) in [4.78, 5) is 18.5. The van der Waals surface area contributed by atoms with Crippen molar-refractivity contribution in [1.29, 1.82) is 0 Å². The number of rotatable bonds is 6. The van der Waals surface area contributed by atoms with Crippen molar-refractivity contribution in [3.05, 3.63) is 35.7 Å². The molecule has 0 atom stereocenters. The van der Waals surface area contributed by atoms with Gasteiger partial charge in [0, 0.05) is 58.7 Å². The van der Waals surface area contributed by atoms with Crippen molar-refractivity contribution in [3.8, 4) is 11.4 Å². The molecule has 0 radical (unpaired) electrons. The predicted octanol–water partition coefficient (Wildman–Crippen LogP) is 0.928. The molecule has 2 aromatic rings. The summed E-state index contributed by atoms with van der Waals surface area (Å²) in [5.41, 5.74) is 2.02. The summed E-state index contributed by atoms with van der Waals surface area (Å²) in [7, 11) is -0.431. The van der Waals surface area contributed by atoms with Gasteiger partial charge >= 0.3 is 0 Å². The van der Waals surface area contributed by atoms with Gasteiger partial charge in [-0.1, -0.05) is 35.0 Å². The fourth-order valence-electron chi connectivity index (χ4n) is 2.95. The molecule has 1 amide bonds. The zero-order valence-corrected chi connectivity index (χ0v) is 17.1. The van der Waals surface area contributed by atoms with Crippen LogP contribution < -0.4 is 0 Å². The lowest BCUT2D eigenvalue weighted by molar-refractivity contribution is -0.132. The maximum Gasteiger partial charge on any atom is 0.281 e. The third-order valence-corrected chi connectivity index (χ3v) is 6.65. The van der Waals surface area contributed by atoms with Crippen LogP contribution in [0.4, 0.5) is 0 Å². The van der Waals surface area contributed by atoms with Crippen molar-refractivity contribution in [2.24, 2.45) is 0 Å². The second-order valence-corrected chi connectivity index (χ2v) is 9.09. The van der Waals surface area contributed by atoms with E-state index in [0.29, 0.717) is 44.3 Å². The van der Waals surface area contributed by atoms with Crippen molar-refractivity contribution < 1.29 is 17.7 Å². The molecule has 1 aromatic carbocycles. The Kier molecular flexibility index (Phi) is 6.11. The van der Waals surface area contributed by atoms with Crippen LogP contribution in [0, 0.1) is 6.92 Å². The molecule has 1 aromatic heterocycles. The topological polar surface area (TPSA) is 99.8 Å². The van der Waals surface area contributed by atoms with Crippen molar-refractivity contribution >= 4 is 16.1 Å². The molecule has 10 heteroatoms. The monoisotopic (exact) mass is 407 g/mol. The van der Waals surface area contributed by atoms with Gasteiger partial charge in [-0.2, -0.15) is 22.0 Å². The van der Waals surface area contributed by atoms with Crippen LogP contribution in [0.2, 0.25) is 0 Å². The standard InChI is InChI=1S/C18H25N5O4S/c1-14-4-6-15(7-5-14)18-19-16(27-20-18)8-9-17(24)22-10-12-23(13-11-22)28(25,26)21(2)3/h4-7H,8-13H2,1-3H3. The summed E-state index contributed by atoms with van der Waals surface area (Å²) >= 11 is 0. The number of hydrogen-bond donors (Lipinski definition) is 0. The predicted molar refractivity (Wildman–Crippen MR) is 104 cm³/mol. The van der Waals surface area contributed by atoms with Crippen LogP contribution in [-0.2, 0) is 21.4 Å². The van der Waals surface area contributed by atoms with Crippen LogP contribution in [0.5, 0.6) is 0 Å². The second kappa shape index (κ2) is 8.38. The highest BCUT2D eigenvalue weighted by Gasteiger charge is 2.30. The maximum absolute atomic E-state index is 12.4. The van der Waals surface area contributed by atoms with Gasteiger partial charge in [-0.15, -0.1) is 0 Å². The van der Waals surface area contributed by atoms with Gasteiger partial charge in [0.2, 0.25) is 17.6 Å². The summed E-state index contributed by atoms with van der Waals surface area (Å²) in [5.74, 6) is 0.875. The van der Waals surface area contributed by atoms with Crippen LogP contribution in [0.15, 0.2) is 28.8 Å². The summed E-state index contributed by atoms with van der Waals surface area (Å²) in [6.45, 7) is 3.36. The van der Waals surface area contributed by atoms with Crippen molar-refractivity contribution in [2.75, 3.05) is 40.3 Å². The third-order valence-electron chi connectivity index (χ3n) is 4.71. The number of benzene rings is 1. The average Bonchev–Trinajstić information content (AvgIpc) is 3.15. The van der Waals surface area contributed by atoms with E-state index in [0.717, 1.165) is 11.1 Å². The SMILES string of the molecule is Cc1ccc(-c2noc(CCC(=O)N3CCN(S(=O)(=O)N(C)C)CC3)n2)cc1. The molecule has 152 valence electrons. The van der Waals surface area contributed by atoms with Gasteiger partial charge < -0.3 is 9.42 Å². The number of piperazine rings is 1. The Balaban J connectivity index is 1.51. The number of aryl methyl sites for hydroxylation is 2. The van der Waals surface area contributed by atoms with E-state index in [1.165, 1.54) is 22.7 Å². The first-order valence-corrected chi connectivity index (χ1v) is 10.5. The Hall–Kier alpha value is -2.30. The van der Waals surface area contributed by atoms with Crippen LogP contribution >= 0.6 is 0 Å². The molecule has 3 rings (SSSR count). The third kappa shape index (κ3) is 4.57. The Morgan fingerprint density at radius 1 is 1.14 bits per heavy atom. The molecule has 2 heterocycles. The van der Waals surface area contributed by atoms with Gasteiger partial charge in [0.25, 0.3) is 10.2 Å². The summed E-state index contributed by atoms with van der Waals surface area (Å²) in [6.07, 6.45) is 0.601. The first-order chi connectivity index (χ1) is 13.3. The minimum atomic E-state index is -3.44. The Labute approximate surface area is 165 Å². The minimum absolute atomic E-state index is 0.0445. The van der Waals surface area contributed by atoms with E-state index in [1.807, 2.05) is 31.2 Å². The molecule has 1 aliphatic heterocycles. The molecular weight excluding hydrogens is 382 g/mol. The second-order valence-electron chi connectivity index (χ2n) is 6.95. The highest BCUT2D eigenvalue weighted by molar-refractivity contribution is 7.86. The number of amides is 1. The first kappa shape index (κ1) is 20.4. The molecule has 1 saturated heterocycles. The lowest BCUT2D eigenvalue weighted by Crippen LogP contribution is -2.53. The van der Waals surface area contributed by atoms with Gasteiger partial charge in [0.15, 0.2) is 0 Å². The molecule has 28 heavy (non-hydrogen) atoms. The van der Waals surface area contributed by atoms with Crippen LogP contribution in [0.3, 0.4) is 0 Å². The summed E-state index contributed by atoms with van der Waals surface area (Å²) in [5, 5.41) is 3.97. The molecule has 0 aliphatic carbocycles. The fourth-order valence-corrected chi connectivity index (χ4v) is 4.03. The number of carbonyl (C=O) groups is 1. The highest BCUT2D eigenvalue weighted by atomic mass is 32.2. The zero-order valence-electron chi connectivity index (χ0n) is 16.3. The normalized spacial score (nSPS) is 15.9. The van der Waals surface area contributed by atoms with Crippen LogP contribution in [0.1, 0.15) is 17.9 Å². The molecule has 0 spiro atoms. The van der Waals surface area contributed by atoms with Gasteiger partial charge in [-0.05, 0) is 6.92 Å². The van der Waals surface area contributed by atoms with Crippen molar-refractivity contribution in [2.45, 2.75) is 19.8 Å². The number of aromatic nitrogens is 2. The Bertz CT molecular complexity index is 916. The molecule has 1 aliphatic rings. The van der Waals surface area contributed by atoms with Gasteiger partial charge in [0.1, 0.15) is 0 Å². The quantitative estimate of drug-likeness (QED) is 0.706. The Morgan fingerprint density at radius 2 is 1.79 bits per heavy atom. The van der Waals surface area contributed by atoms with Gasteiger partial charge in [-0.3, -0.25) is 4.79 Å².